The number of nitrogens with one attached hydrogen (secondary N) is 1. The number of primary amides is 1. The zero-order valence-corrected chi connectivity index (χ0v) is 14.6. The zero-order valence-electron chi connectivity index (χ0n) is 13.8. The normalized spacial score (nSPS) is 10.5. The number of thioether (sulfide) groups is 1. The highest BCUT2D eigenvalue weighted by Crippen LogP contribution is 2.27. The molecule has 3 N–H and O–H groups in total. The predicted octanol–water partition coefficient (Wildman–Crippen LogP) is 2.16. The fraction of sp³-hybridized carbons (Fsp3) is 0.111. The van der Waals surface area contributed by atoms with E-state index in [9.17, 15) is 9.59 Å². The number of anilines is 1. The second-order valence-electron chi connectivity index (χ2n) is 5.49. The van der Waals surface area contributed by atoms with Gasteiger partial charge in [-0.15, -0.1) is 16.9 Å². The summed E-state index contributed by atoms with van der Waals surface area (Å²) in [6.07, 6.45) is 1.60. The Morgan fingerprint density at radius 2 is 1.81 bits per heavy atom. The quantitative estimate of drug-likeness (QED) is 0.623. The lowest BCUT2D eigenvalue weighted by Gasteiger charge is -2.08. The number of hydrogen-bond donors (Lipinski definition) is 2. The molecule has 132 valence electrons. The molecular weight excluding hydrogens is 350 g/mol. The van der Waals surface area contributed by atoms with Gasteiger partial charge in [0, 0.05) is 4.90 Å². The highest BCUT2D eigenvalue weighted by Gasteiger charge is 2.13. The number of benzene rings is 2. The molecule has 0 spiro atoms. The van der Waals surface area contributed by atoms with Crippen molar-refractivity contribution >= 4 is 29.3 Å². The van der Waals surface area contributed by atoms with E-state index >= 15 is 0 Å². The predicted molar refractivity (Wildman–Crippen MR) is 99.9 cm³/mol. The van der Waals surface area contributed by atoms with Crippen LogP contribution in [-0.4, -0.2) is 32.6 Å². The molecule has 2 amide bonds. The molecule has 26 heavy (non-hydrogen) atoms. The molecule has 0 fully saturated rings. The molecule has 0 unspecified atom stereocenters. The molecule has 0 saturated carbocycles. The van der Waals surface area contributed by atoms with E-state index in [2.05, 4.69) is 15.6 Å². The van der Waals surface area contributed by atoms with Gasteiger partial charge in [0.2, 0.25) is 5.91 Å². The Hall–Kier alpha value is -3.13. The topological polar surface area (TPSA) is 103 Å². The summed E-state index contributed by atoms with van der Waals surface area (Å²) in [6, 6.07) is 17.0. The fourth-order valence-corrected chi connectivity index (χ4v) is 3.03. The van der Waals surface area contributed by atoms with Crippen LogP contribution in [0.5, 0.6) is 0 Å². The first-order valence-electron chi connectivity index (χ1n) is 7.87. The van der Waals surface area contributed by atoms with E-state index in [0.29, 0.717) is 12.2 Å². The summed E-state index contributed by atoms with van der Waals surface area (Å²) in [4.78, 5) is 24.2. The van der Waals surface area contributed by atoms with Crippen LogP contribution in [-0.2, 0) is 11.3 Å². The molecule has 8 heteroatoms. The average molecular weight is 367 g/mol. The molecular formula is C18H17N5O2S. The lowest BCUT2D eigenvalue weighted by Crippen LogP contribution is -2.15. The third-order valence-electron chi connectivity index (χ3n) is 3.46. The zero-order chi connectivity index (χ0) is 18.4. The molecule has 0 aliphatic rings. The minimum Gasteiger partial charge on any atom is -0.369 e. The molecule has 0 saturated heterocycles. The molecule has 1 heterocycles. The third kappa shape index (κ3) is 4.70. The number of nitrogens with zero attached hydrogens (tertiary/aromatic N) is 3. The minimum absolute atomic E-state index is 0.139. The van der Waals surface area contributed by atoms with Crippen molar-refractivity contribution in [2.45, 2.75) is 11.4 Å². The number of nitrogens with two attached hydrogens (primary N) is 1. The lowest BCUT2D eigenvalue weighted by atomic mass is 10.2. The van der Waals surface area contributed by atoms with Crippen molar-refractivity contribution < 1.29 is 9.59 Å². The molecule has 3 rings (SSSR count). The van der Waals surface area contributed by atoms with Gasteiger partial charge in [-0.05, 0) is 17.7 Å². The molecule has 0 radical (unpaired) electrons. The number of para-hydroxylation sites is 1. The summed E-state index contributed by atoms with van der Waals surface area (Å²) < 4.78 is 1.61. The van der Waals surface area contributed by atoms with Crippen LogP contribution in [0.1, 0.15) is 16.1 Å². The second-order valence-corrected chi connectivity index (χ2v) is 6.51. The summed E-state index contributed by atoms with van der Waals surface area (Å²) in [7, 11) is 0. The third-order valence-corrected chi connectivity index (χ3v) is 4.56. The van der Waals surface area contributed by atoms with Gasteiger partial charge in [0.1, 0.15) is 0 Å². The van der Waals surface area contributed by atoms with Crippen LogP contribution in [0.4, 0.5) is 5.69 Å². The van der Waals surface area contributed by atoms with Gasteiger partial charge in [-0.1, -0.05) is 47.7 Å². The summed E-state index contributed by atoms with van der Waals surface area (Å²) >= 11 is 1.27. The number of carbonyl (C=O) groups excluding carboxylic acids is 2. The number of carbonyl (C=O) groups is 2. The smallest absolute Gasteiger partial charge is 0.277 e. The van der Waals surface area contributed by atoms with Crippen molar-refractivity contribution in [2.24, 2.45) is 5.73 Å². The number of amides is 2. The van der Waals surface area contributed by atoms with Crippen LogP contribution in [0, 0.1) is 0 Å². The standard InChI is InChI=1S/C18H17N5O2S/c19-17(24)12-26-16-9-5-4-8-14(16)20-18(25)15-11-23(22-21-15)10-13-6-2-1-3-7-13/h1-9,11H,10,12H2,(H2,19,24)(H,20,25). The summed E-state index contributed by atoms with van der Waals surface area (Å²) in [5.74, 6) is -0.642. The number of hydrogen-bond acceptors (Lipinski definition) is 5. The van der Waals surface area contributed by atoms with E-state index in [1.807, 2.05) is 42.5 Å². The highest BCUT2D eigenvalue weighted by molar-refractivity contribution is 8.00. The van der Waals surface area contributed by atoms with Crippen molar-refractivity contribution in [3.05, 3.63) is 72.1 Å². The van der Waals surface area contributed by atoms with Crippen LogP contribution in [0.3, 0.4) is 0 Å². The lowest BCUT2D eigenvalue weighted by molar-refractivity contribution is -0.115. The van der Waals surface area contributed by atoms with E-state index < -0.39 is 5.91 Å². The van der Waals surface area contributed by atoms with Crippen molar-refractivity contribution in [1.82, 2.24) is 15.0 Å². The SMILES string of the molecule is NC(=O)CSc1ccccc1NC(=O)c1cn(Cc2ccccc2)nn1. The van der Waals surface area contributed by atoms with Crippen LogP contribution in [0.25, 0.3) is 0 Å². The molecule has 2 aromatic carbocycles. The van der Waals surface area contributed by atoms with Gasteiger partial charge in [0.05, 0.1) is 24.2 Å². The molecule has 7 nitrogen and oxygen atoms in total. The first-order valence-corrected chi connectivity index (χ1v) is 8.86. The highest BCUT2D eigenvalue weighted by atomic mass is 32.2. The largest absolute Gasteiger partial charge is 0.369 e. The number of rotatable bonds is 7. The fourth-order valence-electron chi connectivity index (χ4n) is 2.28. The molecule has 0 bridgehead atoms. The summed E-state index contributed by atoms with van der Waals surface area (Å²) in [6.45, 7) is 0.534. The Morgan fingerprint density at radius 3 is 2.58 bits per heavy atom. The Labute approximate surface area is 154 Å². The van der Waals surface area contributed by atoms with Crippen molar-refractivity contribution in [2.75, 3.05) is 11.1 Å². The first kappa shape index (κ1) is 17.7. The van der Waals surface area contributed by atoms with Crippen LogP contribution in [0.2, 0.25) is 0 Å². The number of aromatic nitrogens is 3. The minimum atomic E-state index is -0.417. The van der Waals surface area contributed by atoms with Gasteiger partial charge in [-0.2, -0.15) is 0 Å². The Kier molecular flexibility index (Phi) is 5.65. The van der Waals surface area contributed by atoms with E-state index in [-0.39, 0.29) is 17.4 Å². The van der Waals surface area contributed by atoms with Gasteiger partial charge in [0.25, 0.3) is 5.91 Å². The van der Waals surface area contributed by atoms with Crippen LogP contribution >= 0.6 is 11.8 Å². The Bertz CT molecular complexity index is 911. The molecule has 0 aliphatic heterocycles. The van der Waals surface area contributed by atoms with Gasteiger partial charge < -0.3 is 11.1 Å². The van der Waals surface area contributed by atoms with Gasteiger partial charge in [-0.25, -0.2) is 4.68 Å². The molecule has 1 aromatic heterocycles. The maximum Gasteiger partial charge on any atom is 0.277 e. The first-order chi connectivity index (χ1) is 12.6. The maximum atomic E-state index is 12.4. The monoisotopic (exact) mass is 367 g/mol. The molecule has 0 aliphatic carbocycles. The molecule has 3 aromatic rings. The molecule has 0 atom stereocenters. The van der Waals surface area contributed by atoms with E-state index in [1.165, 1.54) is 11.8 Å². The summed E-state index contributed by atoms with van der Waals surface area (Å²) in [5.41, 5.74) is 7.06. The Balaban J connectivity index is 1.68. The van der Waals surface area contributed by atoms with Gasteiger partial charge in [-0.3, -0.25) is 9.59 Å². The van der Waals surface area contributed by atoms with Gasteiger partial charge in [0.15, 0.2) is 5.69 Å². The maximum absolute atomic E-state index is 12.4. The summed E-state index contributed by atoms with van der Waals surface area (Å²) in [5, 5.41) is 10.7. The van der Waals surface area contributed by atoms with E-state index in [1.54, 1.807) is 23.0 Å². The van der Waals surface area contributed by atoms with Crippen molar-refractivity contribution in [1.29, 1.82) is 0 Å². The van der Waals surface area contributed by atoms with Crippen LogP contribution < -0.4 is 11.1 Å². The van der Waals surface area contributed by atoms with Crippen LogP contribution in [0.15, 0.2) is 65.7 Å². The van der Waals surface area contributed by atoms with E-state index in [4.69, 9.17) is 5.73 Å². The van der Waals surface area contributed by atoms with Gasteiger partial charge >= 0.3 is 0 Å². The van der Waals surface area contributed by atoms with E-state index in [0.717, 1.165) is 10.5 Å². The average Bonchev–Trinajstić information content (AvgIpc) is 3.10. The second kappa shape index (κ2) is 8.30. The van der Waals surface area contributed by atoms with Crippen molar-refractivity contribution in [3.8, 4) is 0 Å². The Morgan fingerprint density at radius 1 is 1.08 bits per heavy atom. The van der Waals surface area contributed by atoms with Crippen molar-refractivity contribution in [3.63, 3.8) is 0 Å².